The Morgan fingerprint density at radius 1 is 0.939 bits per heavy atom. The summed E-state index contributed by atoms with van der Waals surface area (Å²) in [6, 6.07) is 22.6. The number of halogens is 1. The van der Waals surface area contributed by atoms with Gasteiger partial charge >= 0.3 is 0 Å². The van der Waals surface area contributed by atoms with Gasteiger partial charge in [-0.3, -0.25) is 18.6 Å². The van der Waals surface area contributed by atoms with Crippen molar-refractivity contribution in [2.75, 3.05) is 0 Å². The van der Waals surface area contributed by atoms with E-state index in [1.807, 2.05) is 73.7 Å². The van der Waals surface area contributed by atoms with Gasteiger partial charge in [0.05, 0.1) is 11.0 Å². The number of aryl methyl sites for hydroxylation is 1. The Morgan fingerprint density at radius 2 is 1.64 bits per heavy atom. The highest BCUT2D eigenvalue weighted by atomic mass is 35.5. The van der Waals surface area contributed by atoms with Crippen molar-refractivity contribution in [1.29, 1.82) is 0 Å². The molecule has 1 amide bonds. The number of para-hydroxylation sites is 2. The van der Waals surface area contributed by atoms with E-state index in [1.165, 1.54) is 4.57 Å². The lowest BCUT2D eigenvalue weighted by Gasteiger charge is -2.13. The molecule has 7 nitrogen and oxygen atoms in total. The predicted octanol–water partition coefficient (Wildman–Crippen LogP) is 3.99. The molecule has 5 aromatic rings. The molecule has 0 radical (unpaired) electrons. The van der Waals surface area contributed by atoms with Crippen molar-refractivity contribution in [2.24, 2.45) is 0 Å². The average Bonchev–Trinajstić information content (AvgIpc) is 3.27. The van der Waals surface area contributed by atoms with E-state index >= 15 is 0 Å². The number of fused-ring (bicyclic) bond motifs is 3. The Morgan fingerprint density at radius 3 is 2.39 bits per heavy atom. The first-order valence-electron chi connectivity index (χ1n) is 10.5. The number of hydrogen-bond donors (Lipinski definition) is 1. The number of benzene rings is 3. The molecule has 2 aromatic heterocycles. The van der Waals surface area contributed by atoms with E-state index < -0.39 is 0 Å². The summed E-state index contributed by atoms with van der Waals surface area (Å²) in [6.07, 6.45) is 0. The van der Waals surface area contributed by atoms with Crippen LogP contribution in [-0.2, 0) is 17.9 Å². The van der Waals surface area contributed by atoms with Gasteiger partial charge in [-0.2, -0.15) is 0 Å². The number of hydrogen-bond acceptors (Lipinski definition) is 4. The molecule has 0 saturated carbocycles. The van der Waals surface area contributed by atoms with Crippen molar-refractivity contribution < 1.29 is 4.79 Å². The zero-order valence-electron chi connectivity index (χ0n) is 17.8. The van der Waals surface area contributed by atoms with Gasteiger partial charge in [-0.25, -0.2) is 0 Å². The van der Waals surface area contributed by atoms with Crippen LogP contribution >= 0.6 is 11.6 Å². The fraction of sp³-hybridized carbons (Fsp3) is 0.120. The largest absolute Gasteiger partial charge is 0.350 e. The van der Waals surface area contributed by atoms with E-state index in [4.69, 9.17) is 11.6 Å². The lowest BCUT2D eigenvalue weighted by Crippen LogP contribution is -2.33. The molecule has 3 aromatic carbocycles. The van der Waals surface area contributed by atoms with Crippen LogP contribution in [0, 0.1) is 6.92 Å². The van der Waals surface area contributed by atoms with E-state index in [2.05, 4.69) is 15.5 Å². The SMILES string of the molecule is Cc1ccc(-c2nnc3c(=O)n(CC(=O)NCc4ccccc4Cl)c4ccccc4n23)cc1. The summed E-state index contributed by atoms with van der Waals surface area (Å²) < 4.78 is 3.18. The maximum absolute atomic E-state index is 13.3. The maximum Gasteiger partial charge on any atom is 0.297 e. The second kappa shape index (κ2) is 8.52. The Balaban J connectivity index is 1.55. The summed E-state index contributed by atoms with van der Waals surface area (Å²) >= 11 is 6.17. The number of nitrogens with zero attached hydrogens (tertiary/aromatic N) is 4. The van der Waals surface area contributed by atoms with Crippen LogP contribution in [-0.4, -0.2) is 25.1 Å². The van der Waals surface area contributed by atoms with E-state index in [-0.39, 0.29) is 30.2 Å². The molecule has 0 bridgehead atoms. The molecule has 33 heavy (non-hydrogen) atoms. The minimum absolute atomic E-state index is 0.146. The second-order valence-electron chi connectivity index (χ2n) is 7.80. The molecular weight excluding hydrogens is 438 g/mol. The maximum atomic E-state index is 13.3. The van der Waals surface area contributed by atoms with Gasteiger partial charge in [-0.05, 0) is 30.7 Å². The van der Waals surface area contributed by atoms with E-state index in [9.17, 15) is 9.59 Å². The van der Waals surface area contributed by atoms with Crippen molar-refractivity contribution in [1.82, 2.24) is 24.5 Å². The van der Waals surface area contributed by atoms with Gasteiger partial charge in [0.15, 0.2) is 5.82 Å². The fourth-order valence-electron chi connectivity index (χ4n) is 3.84. The van der Waals surface area contributed by atoms with Gasteiger partial charge in [0.25, 0.3) is 5.56 Å². The van der Waals surface area contributed by atoms with Gasteiger partial charge in [0.2, 0.25) is 11.6 Å². The first-order valence-corrected chi connectivity index (χ1v) is 10.8. The van der Waals surface area contributed by atoms with Crippen LogP contribution < -0.4 is 10.9 Å². The summed E-state index contributed by atoms with van der Waals surface area (Å²) in [7, 11) is 0. The molecule has 0 aliphatic heterocycles. The van der Waals surface area contributed by atoms with Gasteiger partial charge in [0.1, 0.15) is 6.54 Å². The van der Waals surface area contributed by atoms with Crippen molar-refractivity contribution in [3.63, 3.8) is 0 Å². The average molecular weight is 458 g/mol. The molecule has 0 unspecified atom stereocenters. The highest BCUT2D eigenvalue weighted by molar-refractivity contribution is 6.31. The Kier molecular flexibility index (Phi) is 5.40. The topological polar surface area (TPSA) is 81.3 Å². The third-order valence-corrected chi connectivity index (χ3v) is 5.93. The molecular formula is C25H20ClN5O2. The van der Waals surface area contributed by atoms with Crippen molar-refractivity contribution in [3.05, 3.63) is 99.3 Å². The number of carbonyl (C=O) groups excluding carboxylic acids is 1. The standard InChI is InChI=1S/C25H20ClN5O2/c1-16-10-12-17(13-11-16)23-28-29-24-25(33)30(20-8-4-5-9-21(20)31(23)24)15-22(32)27-14-18-6-2-3-7-19(18)26/h2-13H,14-15H2,1H3,(H,27,32). The van der Waals surface area contributed by atoms with Crippen molar-refractivity contribution in [2.45, 2.75) is 20.0 Å². The lowest BCUT2D eigenvalue weighted by atomic mass is 10.1. The number of amides is 1. The van der Waals surface area contributed by atoms with Gasteiger partial charge < -0.3 is 5.32 Å². The van der Waals surface area contributed by atoms with Gasteiger partial charge in [-0.1, -0.05) is 71.8 Å². The van der Waals surface area contributed by atoms with Gasteiger partial charge in [-0.15, -0.1) is 10.2 Å². The molecule has 164 valence electrons. The first kappa shape index (κ1) is 20.9. The summed E-state index contributed by atoms with van der Waals surface area (Å²) in [5.41, 5.74) is 3.94. The molecule has 0 saturated heterocycles. The molecule has 0 fully saturated rings. The van der Waals surface area contributed by atoms with Crippen LogP contribution in [0.2, 0.25) is 5.02 Å². The normalized spacial score (nSPS) is 11.2. The quantitative estimate of drug-likeness (QED) is 0.432. The molecule has 2 heterocycles. The Bertz CT molecular complexity index is 1550. The monoisotopic (exact) mass is 457 g/mol. The molecule has 0 aliphatic rings. The number of rotatable bonds is 5. The van der Waals surface area contributed by atoms with Crippen LogP contribution in [0.3, 0.4) is 0 Å². The molecule has 5 rings (SSSR count). The minimum Gasteiger partial charge on any atom is -0.350 e. The Hall–Kier alpha value is -3.97. The first-order chi connectivity index (χ1) is 16.0. The molecule has 0 aliphatic carbocycles. The molecule has 8 heteroatoms. The highest BCUT2D eigenvalue weighted by Crippen LogP contribution is 2.23. The molecule has 0 atom stereocenters. The second-order valence-corrected chi connectivity index (χ2v) is 8.20. The van der Waals surface area contributed by atoms with Crippen LogP contribution in [0.15, 0.2) is 77.6 Å². The van der Waals surface area contributed by atoms with E-state index in [0.717, 1.165) is 22.2 Å². The van der Waals surface area contributed by atoms with E-state index in [0.29, 0.717) is 16.4 Å². The third-order valence-electron chi connectivity index (χ3n) is 5.56. The summed E-state index contributed by atoms with van der Waals surface area (Å²) in [4.78, 5) is 26.1. The minimum atomic E-state index is -0.382. The third kappa shape index (κ3) is 3.87. The predicted molar refractivity (Wildman–Crippen MR) is 128 cm³/mol. The van der Waals surface area contributed by atoms with Crippen LogP contribution in [0.5, 0.6) is 0 Å². The number of nitrogens with one attached hydrogen (secondary N) is 1. The summed E-state index contributed by atoms with van der Waals surface area (Å²) in [5.74, 6) is 0.276. The lowest BCUT2D eigenvalue weighted by molar-refractivity contribution is -0.121. The molecule has 0 spiro atoms. The number of carbonyl (C=O) groups is 1. The summed E-state index contributed by atoms with van der Waals surface area (Å²) in [6.45, 7) is 2.14. The number of aromatic nitrogens is 4. The van der Waals surface area contributed by atoms with Gasteiger partial charge in [0, 0.05) is 17.1 Å². The van der Waals surface area contributed by atoms with Crippen molar-refractivity contribution >= 4 is 34.2 Å². The van der Waals surface area contributed by atoms with Crippen molar-refractivity contribution in [3.8, 4) is 11.4 Å². The Labute approximate surface area is 194 Å². The van der Waals surface area contributed by atoms with Crippen LogP contribution in [0.4, 0.5) is 0 Å². The highest BCUT2D eigenvalue weighted by Gasteiger charge is 2.18. The van der Waals surface area contributed by atoms with Crippen LogP contribution in [0.1, 0.15) is 11.1 Å². The van der Waals surface area contributed by atoms with E-state index in [1.54, 1.807) is 10.5 Å². The fourth-order valence-corrected chi connectivity index (χ4v) is 4.05. The molecule has 1 N–H and O–H groups in total. The van der Waals surface area contributed by atoms with Crippen LogP contribution in [0.25, 0.3) is 28.1 Å². The zero-order chi connectivity index (χ0) is 22.9. The zero-order valence-corrected chi connectivity index (χ0v) is 18.6. The smallest absolute Gasteiger partial charge is 0.297 e. The summed E-state index contributed by atoms with van der Waals surface area (Å²) in [5, 5.41) is 11.9.